The number of nitrogens with one attached hydrogen (secondary N) is 1. The van der Waals surface area contributed by atoms with Crippen molar-refractivity contribution in [2.24, 2.45) is 0 Å². The van der Waals surface area contributed by atoms with Crippen molar-refractivity contribution in [2.75, 3.05) is 16.0 Å². The van der Waals surface area contributed by atoms with Gasteiger partial charge in [-0.15, -0.1) is 11.8 Å². The topological polar surface area (TPSA) is 49.4 Å². The monoisotopic (exact) mass is 402 g/mol. The normalized spacial score (nSPS) is 16.1. The van der Waals surface area contributed by atoms with Gasteiger partial charge in [-0.05, 0) is 60.9 Å². The van der Waals surface area contributed by atoms with E-state index in [0.29, 0.717) is 11.3 Å². The number of aryl methyl sites for hydroxylation is 1. The van der Waals surface area contributed by atoms with E-state index in [9.17, 15) is 9.59 Å². The first kappa shape index (κ1) is 19.3. The molecule has 0 aliphatic carbocycles. The van der Waals surface area contributed by atoms with Gasteiger partial charge in [0.05, 0.1) is 5.75 Å². The summed E-state index contributed by atoms with van der Waals surface area (Å²) in [5.41, 5.74) is 5.65. The van der Waals surface area contributed by atoms with Gasteiger partial charge >= 0.3 is 0 Å². The number of carbonyl (C=O) groups is 2. The number of thioether (sulfide) groups is 1. The van der Waals surface area contributed by atoms with Gasteiger partial charge in [-0.2, -0.15) is 0 Å². The standard InChI is InChI=1S/C24H22N2O2S/c1-16-7-6-10-21(17(16)2)26-22(27)15-29-24(26)19-11-13-20(14-12-19)25-23(28)18-8-4-3-5-9-18/h3-14,24H,15H2,1-2H3,(H,25,28). The molecule has 1 aliphatic rings. The lowest BCUT2D eigenvalue weighted by Crippen LogP contribution is -2.28. The Morgan fingerprint density at radius 3 is 2.41 bits per heavy atom. The van der Waals surface area contributed by atoms with Crippen LogP contribution in [0.4, 0.5) is 11.4 Å². The Balaban J connectivity index is 1.56. The van der Waals surface area contributed by atoms with E-state index in [1.807, 2.05) is 59.5 Å². The number of carbonyl (C=O) groups excluding carboxylic acids is 2. The van der Waals surface area contributed by atoms with Crippen molar-refractivity contribution in [3.05, 3.63) is 95.1 Å². The molecule has 0 bridgehead atoms. The van der Waals surface area contributed by atoms with E-state index in [1.54, 1.807) is 23.9 Å². The molecule has 1 saturated heterocycles. The Kier molecular flexibility index (Phi) is 5.41. The Morgan fingerprint density at radius 1 is 0.966 bits per heavy atom. The molecule has 1 aliphatic heterocycles. The SMILES string of the molecule is Cc1cccc(N2C(=O)CSC2c2ccc(NC(=O)c3ccccc3)cc2)c1C. The molecule has 0 aromatic heterocycles. The van der Waals surface area contributed by atoms with E-state index in [-0.39, 0.29) is 17.2 Å². The Morgan fingerprint density at radius 2 is 1.69 bits per heavy atom. The molecule has 2 amide bonds. The minimum atomic E-state index is -0.138. The highest BCUT2D eigenvalue weighted by Gasteiger charge is 2.34. The largest absolute Gasteiger partial charge is 0.322 e. The van der Waals surface area contributed by atoms with Crippen LogP contribution in [0, 0.1) is 13.8 Å². The summed E-state index contributed by atoms with van der Waals surface area (Å²) in [5.74, 6) is 0.445. The van der Waals surface area contributed by atoms with Gasteiger partial charge in [0.1, 0.15) is 5.37 Å². The molecular formula is C24H22N2O2S. The average Bonchev–Trinajstić information content (AvgIpc) is 3.12. The molecule has 4 nitrogen and oxygen atoms in total. The molecule has 5 heteroatoms. The maximum absolute atomic E-state index is 12.6. The second-order valence-corrected chi connectivity index (χ2v) is 8.16. The molecule has 3 aromatic rings. The highest BCUT2D eigenvalue weighted by atomic mass is 32.2. The molecule has 0 radical (unpaired) electrons. The van der Waals surface area contributed by atoms with Crippen LogP contribution in [0.5, 0.6) is 0 Å². The first-order valence-electron chi connectivity index (χ1n) is 9.51. The van der Waals surface area contributed by atoms with E-state index < -0.39 is 0 Å². The Bertz CT molecular complexity index is 1050. The van der Waals surface area contributed by atoms with Crippen molar-refractivity contribution in [3.63, 3.8) is 0 Å². The molecule has 0 saturated carbocycles. The van der Waals surface area contributed by atoms with Crippen LogP contribution in [0.3, 0.4) is 0 Å². The zero-order chi connectivity index (χ0) is 20.4. The third-order valence-electron chi connectivity index (χ3n) is 5.19. The number of benzene rings is 3. The maximum Gasteiger partial charge on any atom is 0.255 e. The van der Waals surface area contributed by atoms with Crippen LogP contribution in [-0.4, -0.2) is 17.6 Å². The number of hydrogen-bond donors (Lipinski definition) is 1. The van der Waals surface area contributed by atoms with Crippen LogP contribution in [0.15, 0.2) is 72.8 Å². The molecule has 1 fully saturated rings. The summed E-state index contributed by atoms with van der Waals surface area (Å²) in [5, 5.41) is 2.85. The van der Waals surface area contributed by atoms with Crippen molar-refractivity contribution in [3.8, 4) is 0 Å². The van der Waals surface area contributed by atoms with Crippen molar-refractivity contribution in [1.82, 2.24) is 0 Å². The second kappa shape index (κ2) is 8.13. The van der Waals surface area contributed by atoms with Crippen molar-refractivity contribution in [2.45, 2.75) is 19.2 Å². The second-order valence-electron chi connectivity index (χ2n) is 7.09. The molecule has 1 N–H and O–H groups in total. The van der Waals surface area contributed by atoms with Gasteiger partial charge in [0.15, 0.2) is 0 Å². The zero-order valence-electron chi connectivity index (χ0n) is 16.4. The maximum atomic E-state index is 12.6. The summed E-state index contributed by atoms with van der Waals surface area (Å²) in [6.07, 6.45) is 0. The molecule has 3 aromatic carbocycles. The quantitative estimate of drug-likeness (QED) is 0.641. The highest BCUT2D eigenvalue weighted by Crippen LogP contribution is 2.43. The van der Waals surface area contributed by atoms with Gasteiger partial charge < -0.3 is 5.32 Å². The molecule has 4 rings (SSSR count). The average molecular weight is 403 g/mol. The summed E-state index contributed by atoms with van der Waals surface area (Å²) in [4.78, 5) is 26.9. The van der Waals surface area contributed by atoms with Crippen molar-refractivity contribution in [1.29, 1.82) is 0 Å². The third-order valence-corrected chi connectivity index (χ3v) is 6.41. The highest BCUT2D eigenvalue weighted by molar-refractivity contribution is 8.00. The lowest BCUT2D eigenvalue weighted by Gasteiger charge is -2.26. The summed E-state index contributed by atoms with van der Waals surface area (Å²) in [7, 11) is 0. The molecular weight excluding hydrogens is 380 g/mol. The molecule has 146 valence electrons. The summed E-state index contributed by atoms with van der Waals surface area (Å²) in [6.45, 7) is 4.12. The summed E-state index contributed by atoms with van der Waals surface area (Å²) < 4.78 is 0. The Hall–Kier alpha value is -3.05. The fraction of sp³-hybridized carbons (Fsp3) is 0.167. The zero-order valence-corrected chi connectivity index (χ0v) is 17.2. The molecule has 1 heterocycles. The van der Waals surface area contributed by atoms with Crippen molar-refractivity contribution < 1.29 is 9.59 Å². The van der Waals surface area contributed by atoms with Crippen LogP contribution in [-0.2, 0) is 4.79 Å². The van der Waals surface area contributed by atoms with Crippen LogP contribution >= 0.6 is 11.8 Å². The minimum absolute atomic E-state index is 0.0677. The summed E-state index contributed by atoms with van der Waals surface area (Å²) in [6, 6.07) is 22.9. The Labute approximate surface area is 174 Å². The number of rotatable bonds is 4. The fourth-order valence-electron chi connectivity index (χ4n) is 3.45. The van der Waals surface area contributed by atoms with Gasteiger partial charge in [-0.3, -0.25) is 14.5 Å². The fourth-order valence-corrected chi connectivity index (χ4v) is 4.62. The van der Waals surface area contributed by atoms with Gasteiger partial charge in [0.25, 0.3) is 5.91 Å². The predicted octanol–water partition coefficient (Wildman–Crippen LogP) is 5.33. The smallest absolute Gasteiger partial charge is 0.255 e. The van der Waals surface area contributed by atoms with Crippen LogP contribution in [0.2, 0.25) is 0 Å². The summed E-state index contributed by atoms with van der Waals surface area (Å²) >= 11 is 1.63. The van der Waals surface area contributed by atoms with E-state index >= 15 is 0 Å². The lowest BCUT2D eigenvalue weighted by atomic mass is 10.1. The van der Waals surface area contributed by atoms with Crippen LogP contribution in [0.25, 0.3) is 0 Å². The van der Waals surface area contributed by atoms with Crippen LogP contribution in [0.1, 0.15) is 32.4 Å². The third kappa shape index (κ3) is 3.91. The molecule has 0 spiro atoms. The first-order chi connectivity index (χ1) is 14.0. The molecule has 29 heavy (non-hydrogen) atoms. The molecule has 1 unspecified atom stereocenters. The van der Waals surface area contributed by atoms with Gasteiger partial charge in [0.2, 0.25) is 5.91 Å². The number of amides is 2. The van der Waals surface area contributed by atoms with Gasteiger partial charge in [0, 0.05) is 16.9 Å². The first-order valence-corrected chi connectivity index (χ1v) is 10.6. The van der Waals surface area contributed by atoms with E-state index in [2.05, 4.69) is 25.2 Å². The van der Waals surface area contributed by atoms with Crippen LogP contribution < -0.4 is 10.2 Å². The minimum Gasteiger partial charge on any atom is -0.322 e. The number of hydrogen-bond acceptors (Lipinski definition) is 3. The van der Waals surface area contributed by atoms with E-state index in [0.717, 1.165) is 22.5 Å². The predicted molar refractivity (Wildman–Crippen MR) is 119 cm³/mol. The van der Waals surface area contributed by atoms with Gasteiger partial charge in [-0.1, -0.05) is 42.5 Å². The van der Waals surface area contributed by atoms with E-state index in [4.69, 9.17) is 0 Å². The van der Waals surface area contributed by atoms with Gasteiger partial charge in [-0.25, -0.2) is 0 Å². The molecule has 1 atom stereocenters. The number of nitrogens with zero attached hydrogens (tertiary/aromatic N) is 1. The van der Waals surface area contributed by atoms with Crippen molar-refractivity contribution >= 4 is 35.0 Å². The van der Waals surface area contributed by atoms with E-state index in [1.165, 1.54) is 5.56 Å². The number of anilines is 2. The lowest BCUT2D eigenvalue weighted by molar-refractivity contribution is -0.115.